The summed E-state index contributed by atoms with van der Waals surface area (Å²) in [5, 5.41) is 2.78. The fourth-order valence-corrected chi connectivity index (χ4v) is 1.72. The first kappa shape index (κ1) is 15.2. The number of amides is 1. The van der Waals surface area contributed by atoms with Crippen LogP contribution in [0.5, 0.6) is 0 Å². The van der Waals surface area contributed by atoms with E-state index in [9.17, 15) is 9.59 Å². The van der Waals surface area contributed by atoms with Crippen LogP contribution in [0, 0.1) is 0 Å². The molecule has 0 saturated carbocycles. The molecule has 0 aromatic heterocycles. The van der Waals surface area contributed by atoms with Crippen molar-refractivity contribution < 1.29 is 14.3 Å². The number of methoxy groups -OCH3 is 1. The van der Waals surface area contributed by atoms with E-state index in [0.29, 0.717) is 6.54 Å². The second-order valence-electron chi connectivity index (χ2n) is 4.42. The van der Waals surface area contributed by atoms with Gasteiger partial charge in [-0.15, -0.1) is 0 Å². The quantitative estimate of drug-likeness (QED) is 0.767. The fraction of sp³-hybridized carbons (Fsp3) is 0.467. The van der Waals surface area contributed by atoms with Gasteiger partial charge in [-0.3, -0.25) is 9.59 Å². The van der Waals surface area contributed by atoms with Crippen molar-refractivity contribution in [2.24, 2.45) is 0 Å². The molecule has 1 aromatic rings. The molecular formula is C15H21NO3. The predicted octanol–water partition coefficient (Wildman–Crippen LogP) is 2.21. The summed E-state index contributed by atoms with van der Waals surface area (Å²) >= 11 is 0. The third-order valence-corrected chi connectivity index (χ3v) is 2.84. The topological polar surface area (TPSA) is 55.4 Å². The molecule has 1 N–H and O–H groups in total. The summed E-state index contributed by atoms with van der Waals surface area (Å²) in [7, 11) is 1.32. The van der Waals surface area contributed by atoms with Gasteiger partial charge in [0.15, 0.2) is 0 Å². The van der Waals surface area contributed by atoms with Crippen molar-refractivity contribution in [1.82, 2.24) is 5.32 Å². The number of hydrogen-bond donors (Lipinski definition) is 1. The Balaban J connectivity index is 2.31. The van der Waals surface area contributed by atoms with Gasteiger partial charge in [0.1, 0.15) is 0 Å². The number of rotatable bonds is 7. The number of hydrogen-bond acceptors (Lipinski definition) is 3. The fourth-order valence-electron chi connectivity index (χ4n) is 1.72. The summed E-state index contributed by atoms with van der Waals surface area (Å²) < 4.78 is 4.48. The Morgan fingerprint density at radius 3 is 2.32 bits per heavy atom. The molecule has 0 aliphatic rings. The summed E-state index contributed by atoms with van der Waals surface area (Å²) in [5.74, 6) is -0.498. The van der Waals surface area contributed by atoms with Crippen LogP contribution in [0.2, 0.25) is 0 Å². The highest BCUT2D eigenvalue weighted by atomic mass is 16.5. The van der Waals surface area contributed by atoms with Crippen molar-refractivity contribution >= 4 is 11.9 Å². The molecule has 19 heavy (non-hydrogen) atoms. The summed E-state index contributed by atoms with van der Waals surface area (Å²) in [4.78, 5) is 22.4. The standard InChI is InChI=1S/C15H21NO3/c1-3-4-12-5-7-13(8-6-12)11-16-14(17)9-10-15(18)19-2/h5-8H,3-4,9-11H2,1-2H3,(H,16,17). The molecule has 0 heterocycles. The van der Waals surface area contributed by atoms with Gasteiger partial charge in [0.2, 0.25) is 5.91 Å². The number of benzene rings is 1. The maximum absolute atomic E-state index is 11.5. The van der Waals surface area contributed by atoms with Gasteiger partial charge in [-0.1, -0.05) is 37.6 Å². The van der Waals surface area contributed by atoms with Crippen molar-refractivity contribution in [2.45, 2.75) is 39.2 Å². The minimum atomic E-state index is -0.362. The number of esters is 1. The zero-order valence-corrected chi connectivity index (χ0v) is 11.6. The van der Waals surface area contributed by atoms with Gasteiger partial charge in [0.25, 0.3) is 0 Å². The first-order chi connectivity index (χ1) is 9.15. The minimum Gasteiger partial charge on any atom is -0.469 e. The van der Waals surface area contributed by atoms with Gasteiger partial charge >= 0.3 is 5.97 Å². The molecule has 0 aliphatic heterocycles. The zero-order valence-electron chi connectivity index (χ0n) is 11.6. The molecule has 4 heteroatoms. The van der Waals surface area contributed by atoms with Crippen LogP contribution in [-0.2, 0) is 27.3 Å². The minimum absolute atomic E-state index is 0.123. The first-order valence-corrected chi connectivity index (χ1v) is 6.57. The smallest absolute Gasteiger partial charge is 0.306 e. The summed E-state index contributed by atoms with van der Waals surface area (Å²) in [6, 6.07) is 8.20. The molecule has 0 radical (unpaired) electrons. The normalized spacial score (nSPS) is 10.0. The summed E-state index contributed by atoms with van der Waals surface area (Å²) in [5.41, 5.74) is 2.37. The number of aryl methyl sites for hydroxylation is 1. The van der Waals surface area contributed by atoms with Crippen LogP contribution in [0.3, 0.4) is 0 Å². The molecule has 1 rings (SSSR count). The second-order valence-corrected chi connectivity index (χ2v) is 4.42. The Morgan fingerprint density at radius 2 is 1.74 bits per heavy atom. The van der Waals surface area contributed by atoms with Crippen LogP contribution in [0.25, 0.3) is 0 Å². The molecule has 0 unspecified atom stereocenters. The number of ether oxygens (including phenoxy) is 1. The van der Waals surface area contributed by atoms with Crippen LogP contribution >= 0.6 is 0 Å². The van der Waals surface area contributed by atoms with Crippen molar-refractivity contribution in [3.05, 3.63) is 35.4 Å². The van der Waals surface area contributed by atoms with Gasteiger partial charge in [-0.25, -0.2) is 0 Å². The average Bonchev–Trinajstić information content (AvgIpc) is 2.44. The van der Waals surface area contributed by atoms with Gasteiger partial charge in [-0.2, -0.15) is 0 Å². The molecule has 0 fully saturated rings. The molecule has 4 nitrogen and oxygen atoms in total. The maximum atomic E-state index is 11.5. The first-order valence-electron chi connectivity index (χ1n) is 6.57. The van der Waals surface area contributed by atoms with Gasteiger partial charge in [-0.05, 0) is 17.5 Å². The maximum Gasteiger partial charge on any atom is 0.306 e. The van der Waals surface area contributed by atoms with Crippen molar-refractivity contribution in [3.63, 3.8) is 0 Å². The van der Waals surface area contributed by atoms with Crippen LogP contribution < -0.4 is 5.32 Å². The van der Waals surface area contributed by atoms with Crippen molar-refractivity contribution in [2.75, 3.05) is 7.11 Å². The third kappa shape index (κ3) is 6.04. The molecule has 1 amide bonds. The molecule has 104 valence electrons. The van der Waals surface area contributed by atoms with Crippen LogP contribution in [0.15, 0.2) is 24.3 Å². The van der Waals surface area contributed by atoms with Gasteiger partial charge in [0, 0.05) is 13.0 Å². The van der Waals surface area contributed by atoms with E-state index >= 15 is 0 Å². The molecule has 0 spiro atoms. The lowest BCUT2D eigenvalue weighted by Crippen LogP contribution is -2.23. The van der Waals surface area contributed by atoms with E-state index in [-0.39, 0.29) is 24.7 Å². The molecule has 0 atom stereocenters. The SMILES string of the molecule is CCCc1ccc(CNC(=O)CCC(=O)OC)cc1. The lowest BCUT2D eigenvalue weighted by Gasteiger charge is -2.06. The van der Waals surface area contributed by atoms with Crippen LogP contribution in [0.1, 0.15) is 37.3 Å². The molecule has 0 aliphatic carbocycles. The lowest BCUT2D eigenvalue weighted by molar-refractivity contribution is -0.142. The van der Waals surface area contributed by atoms with Crippen LogP contribution in [-0.4, -0.2) is 19.0 Å². The Bertz CT molecular complexity index is 412. The van der Waals surface area contributed by atoms with E-state index in [1.54, 1.807) is 0 Å². The van der Waals surface area contributed by atoms with Gasteiger partial charge < -0.3 is 10.1 Å². The molecule has 0 saturated heterocycles. The van der Waals surface area contributed by atoms with Crippen LogP contribution in [0.4, 0.5) is 0 Å². The largest absolute Gasteiger partial charge is 0.469 e. The van der Waals surface area contributed by atoms with E-state index in [4.69, 9.17) is 0 Å². The Hall–Kier alpha value is -1.84. The van der Waals surface area contributed by atoms with E-state index in [1.165, 1.54) is 12.7 Å². The van der Waals surface area contributed by atoms with E-state index in [1.807, 2.05) is 12.1 Å². The number of carbonyl (C=O) groups excluding carboxylic acids is 2. The van der Waals surface area contributed by atoms with E-state index in [0.717, 1.165) is 18.4 Å². The van der Waals surface area contributed by atoms with Crippen molar-refractivity contribution in [1.29, 1.82) is 0 Å². The lowest BCUT2D eigenvalue weighted by atomic mass is 10.1. The molecule has 1 aromatic carbocycles. The van der Waals surface area contributed by atoms with Crippen molar-refractivity contribution in [3.8, 4) is 0 Å². The third-order valence-electron chi connectivity index (χ3n) is 2.84. The molecular weight excluding hydrogens is 242 g/mol. The summed E-state index contributed by atoms with van der Waals surface area (Å²) in [6.07, 6.45) is 2.49. The van der Waals surface area contributed by atoms with Gasteiger partial charge in [0.05, 0.1) is 13.5 Å². The van der Waals surface area contributed by atoms with E-state index < -0.39 is 0 Å². The number of nitrogens with one attached hydrogen (secondary N) is 1. The zero-order chi connectivity index (χ0) is 14.1. The predicted molar refractivity (Wildman–Crippen MR) is 73.5 cm³/mol. The average molecular weight is 263 g/mol. The highest BCUT2D eigenvalue weighted by molar-refractivity contribution is 5.81. The Kier molecular flexibility index (Phi) is 6.64. The second kappa shape index (κ2) is 8.29. The highest BCUT2D eigenvalue weighted by Gasteiger charge is 2.06. The van der Waals surface area contributed by atoms with E-state index in [2.05, 4.69) is 29.1 Å². The molecule has 0 bridgehead atoms. The monoisotopic (exact) mass is 263 g/mol. The highest BCUT2D eigenvalue weighted by Crippen LogP contribution is 2.06. The number of carbonyl (C=O) groups is 2. The Labute approximate surface area is 114 Å². The Morgan fingerprint density at radius 1 is 1.11 bits per heavy atom. The summed E-state index contributed by atoms with van der Waals surface area (Å²) in [6.45, 7) is 2.64.